The molecule has 3 aromatic rings. The molecule has 1 fully saturated rings. The molecule has 0 atom stereocenters. The Balaban J connectivity index is 1.31. The van der Waals surface area contributed by atoms with Crippen LogP contribution in [0.25, 0.3) is 10.6 Å². The van der Waals surface area contributed by atoms with Gasteiger partial charge in [-0.25, -0.2) is 4.98 Å². The van der Waals surface area contributed by atoms with Gasteiger partial charge in [-0.15, -0.1) is 11.3 Å². The molecule has 0 saturated carbocycles. The lowest BCUT2D eigenvalue weighted by Gasteiger charge is -2.21. The zero-order chi connectivity index (χ0) is 18.5. The van der Waals surface area contributed by atoms with Crippen molar-refractivity contribution in [3.8, 4) is 16.6 Å². The van der Waals surface area contributed by atoms with E-state index in [2.05, 4.69) is 50.2 Å². The normalized spacial score (nSPS) is 16.1. The molecule has 0 bridgehead atoms. The van der Waals surface area contributed by atoms with E-state index in [1.54, 1.807) is 22.7 Å². The van der Waals surface area contributed by atoms with Gasteiger partial charge in [0.15, 0.2) is 0 Å². The first kappa shape index (κ1) is 18.3. The quantitative estimate of drug-likeness (QED) is 0.641. The number of rotatable bonds is 5. The van der Waals surface area contributed by atoms with Crippen LogP contribution in [0.5, 0.6) is 0 Å². The van der Waals surface area contributed by atoms with Crippen molar-refractivity contribution in [3.63, 3.8) is 0 Å². The van der Waals surface area contributed by atoms with Crippen molar-refractivity contribution in [1.82, 2.24) is 14.8 Å². The van der Waals surface area contributed by atoms with Crippen molar-refractivity contribution in [2.45, 2.75) is 19.5 Å². The van der Waals surface area contributed by atoms with Crippen LogP contribution in [-0.2, 0) is 13.1 Å². The Labute approximate surface area is 168 Å². The summed E-state index contributed by atoms with van der Waals surface area (Å²) >= 11 is 3.46. The highest BCUT2D eigenvalue weighted by molar-refractivity contribution is 7.14. The largest absolute Gasteiger partial charge is 0.298 e. The van der Waals surface area contributed by atoms with E-state index in [1.807, 2.05) is 12.1 Å². The van der Waals surface area contributed by atoms with E-state index in [-0.39, 0.29) is 0 Å². The molecule has 1 aliphatic rings. The standard InChI is InChI=1S/C21H22N4S2/c22-12-17-2-4-18(5-3-17)13-24-7-1-8-25(10-9-24)14-20-16-27-21(23-20)19-6-11-26-15-19/h2-6,11,15-16H,1,7-10,13-14H2. The Bertz CT molecular complexity index is 893. The van der Waals surface area contributed by atoms with Crippen molar-refractivity contribution in [1.29, 1.82) is 5.26 Å². The third kappa shape index (κ3) is 4.82. The second-order valence-electron chi connectivity index (χ2n) is 6.87. The molecular weight excluding hydrogens is 372 g/mol. The third-order valence-electron chi connectivity index (χ3n) is 4.88. The number of nitrogens with zero attached hydrogens (tertiary/aromatic N) is 4. The van der Waals surface area contributed by atoms with Crippen LogP contribution in [0, 0.1) is 11.3 Å². The van der Waals surface area contributed by atoms with E-state index in [1.165, 1.54) is 23.2 Å². The molecule has 0 amide bonds. The molecule has 27 heavy (non-hydrogen) atoms. The zero-order valence-corrected chi connectivity index (χ0v) is 16.8. The maximum atomic E-state index is 8.92. The molecule has 4 nitrogen and oxygen atoms in total. The van der Waals surface area contributed by atoms with Crippen molar-refractivity contribution >= 4 is 22.7 Å². The number of hydrogen-bond acceptors (Lipinski definition) is 6. The lowest BCUT2D eigenvalue weighted by atomic mass is 10.1. The van der Waals surface area contributed by atoms with E-state index in [4.69, 9.17) is 10.2 Å². The zero-order valence-electron chi connectivity index (χ0n) is 15.2. The molecule has 2 aromatic heterocycles. The summed E-state index contributed by atoms with van der Waals surface area (Å²) < 4.78 is 0. The molecule has 1 aliphatic heterocycles. The number of aromatic nitrogens is 1. The molecule has 4 rings (SSSR count). The van der Waals surface area contributed by atoms with Gasteiger partial charge in [0.2, 0.25) is 0 Å². The van der Waals surface area contributed by atoms with Gasteiger partial charge in [0.1, 0.15) is 5.01 Å². The fraction of sp³-hybridized carbons (Fsp3) is 0.333. The van der Waals surface area contributed by atoms with Gasteiger partial charge >= 0.3 is 0 Å². The fourth-order valence-corrected chi connectivity index (χ4v) is 4.93. The van der Waals surface area contributed by atoms with Crippen LogP contribution in [0.15, 0.2) is 46.5 Å². The Kier molecular flexibility index (Phi) is 5.95. The highest BCUT2D eigenvalue weighted by atomic mass is 32.1. The van der Waals surface area contributed by atoms with Crippen molar-refractivity contribution < 1.29 is 0 Å². The number of benzene rings is 1. The van der Waals surface area contributed by atoms with E-state index in [0.29, 0.717) is 0 Å². The van der Waals surface area contributed by atoms with Gasteiger partial charge < -0.3 is 0 Å². The van der Waals surface area contributed by atoms with Crippen LogP contribution >= 0.6 is 22.7 Å². The van der Waals surface area contributed by atoms with Gasteiger partial charge in [0.25, 0.3) is 0 Å². The van der Waals surface area contributed by atoms with Crippen LogP contribution in [0.1, 0.15) is 23.2 Å². The van der Waals surface area contributed by atoms with Gasteiger partial charge in [-0.2, -0.15) is 16.6 Å². The Morgan fingerprint density at radius 1 is 0.963 bits per heavy atom. The summed E-state index contributed by atoms with van der Waals surface area (Å²) in [7, 11) is 0. The topological polar surface area (TPSA) is 43.2 Å². The monoisotopic (exact) mass is 394 g/mol. The van der Waals surface area contributed by atoms with Crippen molar-refractivity contribution in [2.24, 2.45) is 0 Å². The van der Waals surface area contributed by atoms with Crippen LogP contribution in [-0.4, -0.2) is 41.0 Å². The summed E-state index contributed by atoms with van der Waals surface area (Å²) in [5.41, 5.74) is 4.43. The van der Waals surface area contributed by atoms with Gasteiger partial charge in [-0.05, 0) is 48.7 Å². The first-order valence-corrected chi connectivity index (χ1v) is 11.0. The summed E-state index contributed by atoms with van der Waals surface area (Å²) in [5, 5.41) is 16.5. The molecule has 0 unspecified atom stereocenters. The highest BCUT2D eigenvalue weighted by Gasteiger charge is 2.16. The van der Waals surface area contributed by atoms with E-state index in [9.17, 15) is 0 Å². The predicted molar refractivity (Wildman–Crippen MR) is 112 cm³/mol. The molecule has 0 aliphatic carbocycles. The average molecular weight is 395 g/mol. The maximum Gasteiger partial charge on any atom is 0.124 e. The second-order valence-corrected chi connectivity index (χ2v) is 8.51. The smallest absolute Gasteiger partial charge is 0.124 e. The lowest BCUT2D eigenvalue weighted by Crippen LogP contribution is -2.30. The predicted octanol–water partition coefficient (Wildman–Crippen LogP) is 4.45. The molecule has 3 heterocycles. The van der Waals surface area contributed by atoms with Crippen LogP contribution in [0.4, 0.5) is 0 Å². The van der Waals surface area contributed by atoms with Crippen molar-refractivity contribution in [2.75, 3.05) is 26.2 Å². The SMILES string of the molecule is N#Cc1ccc(CN2CCCN(Cc3csc(-c4ccsc4)n3)CC2)cc1. The summed E-state index contributed by atoms with van der Waals surface area (Å²) in [6.45, 7) is 6.27. The minimum absolute atomic E-state index is 0.728. The van der Waals surface area contributed by atoms with Gasteiger partial charge in [-0.1, -0.05) is 12.1 Å². The fourth-order valence-electron chi connectivity index (χ4n) is 3.41. The molecule has 0 radical (unpaired) electrons. The molecular formula is C21H22N4S2. The minimum atomic E-state index is 0.728. The summed E-state index contributed by atoms with van der Waals surface area (Å²) in [5.74, 6) is 0. The van der Waals surface area contributed by atoms with Crippen molar-refractivity contribution in [3.05, 3.63) is 63.3 Å². The number of thiazole rings is 1. The van der Waals surface area contributed by atoms with Gasteiger partial charge in [0, 0.05) is 42.5 Å². The maximum absolute atomic E-state index is 8.92. The van der Waals surface area contributed by atoms with E-state index in [0.717, 1.165) is 49.8 Å². The number of nitriles is 1. The van der Waals surface area contributed by atoms with Gasteiger partial charge in [-0.3, -0.25) is 9.80 Å². The molecule has 0 spiro atoms. The molecule has 6 heteroatoms. The highest BCUT2D eigenvalue weighted by Crippen LogP contribution is 2.26. The van der Waals surface area contributed by atoms with Crippen LogP contribution < -0.4 is 0 Å². The Morgan fingerprint density at radius 2 is 1.74 bits per heavy atom. The van der Waals surface area contributed by atoms with Crippen LogP contribution in [0.2, 0.25) is 0 Å². The third-order valence-corrected chi connectivity index (χ3v) is 6.50. The van der Waals surface area contributed by atoms with E-state index >= 15 is 0 Å². The molecule has 1 aromatic carbocycles. The van der Waals surface area contributed by atoms with E-state index < -0.39 is 0 Å². The van der Waals surface area contributed by atoms with Crippen LogP contribution in [0.3, 0.4) is 0 Å². The second kappa shape index (κ2) is 8.77. The number of hydrogen-bond donors (Lipinski definition) is 0. The Hall–Kier alpha value is -2.04. The molecule has 1 saturated heterocycles. The lowest BCUT2D eigenvalue weighted by molar-refractivity contribution is 0.246. The molecule has 0 N–H and O–H groups in total. The first-order chi connectivity index (χ1) is 13.3. The summed E-state index contributed by atoms with van der Waals surface area (Å²) in [4.78, 5) is 9.86. The molecule has 138 valence electrons. The van der Waals surface area contributed by atoms with Gasteiger partial charge in [0.05, 0.1) is 17.3 Å². The summed E-state index contributed by atoms with van der Waals surface area (Å²) in [6, 6.07) is 12.3. The number of thiophene rings is 1. The minimum Gasteiger partial charge on any atom is -0.298 e. The summed E-state index contributed by atoms with van der Waals surface area (Å²) in [6.07, 6.45) is 1.18. The average Bonchev–Trinajstić information content (AvgIpc) is 3.33. The first-order valence-electron chi connectivity index (χ1n) is 9.21. The Morgan fingerprint density at radius 3 is 2.44 bits per heavy atom.